The lowest BCUT2D eigenvalue weighted by atomic mass is 9.95. The highest BCUT2D eigenvalue weighted by atomic mass is 16.5. The van der Waals surface area contributed by atoms with Crippen LogP contribution in [-0.4, -0.2) is 28.8 Å². The Morgan fingerprint density at radius 3 is 2.45 bits per heavy atom. The number of esters is 1. The summed E-state index contributed by atoms with van der Waals surface area (Å²) in [5.41, 5.74) is 6.53. The molecule has 2 aromatic rings. The highest BCUT2D eigenvalue weighted by Gasteiger charge is 2.33. The summed E-state index contributed by atoms with van der Waals surface area (Å²) in [6.07, 6.45) is 1.94. The zero-order chi connectivity index (χ0) is 21.1. The van der Waals surface area contributed by atoms with Crippen molar-refractivity contribution in [2.75, 3.05) is 7.11 Å². The van der Waals surface area contributed by atoms with Crippen molar-refractivity contribution in [2.24, 2.45) is 11.0 Å². The normalized spacial score (nSPS) is 15.8. The van der Waals surface area contributed by atoms with Gasteiger partial charge in [-0.1, -0.05) is 56.3 Å². The third-order valence-corrected chi connectivity index (χ3v) is 5.15. The Morgan fingerprint density at radius 1 is 1.17 bits per heavy atom. The summed E-state index contributed by atoms with van der Waals surface area (Å²) < 4.78 is 5.08. The summed E-state index contributed by atoms with van der Waals surface area (Å²) >= 11 is 0. The van der Waals surface area contributed by atoms with E-state index in [0.29, 0.717) is 5.70 Å². The van der Waals surface area contributed by atoms with Crippen molar-refractivity contribution in [2.45, 2.75) is 34.6 Å². The van der Waals surface area contributed by atoms with Crippen molar-refractivity contribution in [3.05, 3.63) is 65.5 Å². The molecular weight excluding hydrogens is 362 g/mol. The first-order valence-electron chi connectivity index (χ1n) is 9.77. The second-order valence-electron chi connectivity index (χ2n) is 7.31. The molecule has 0 amide bonds. The zero-order valence-electron chi connectivity index (χ0n) is 17.9. The molecule has 2 heterocycles. The maximum Gasteiger partial charge on any atom is 0.357 e. The lowest BCUT2D eigenvalue weighted by Gasteiger charge is -2.31. The predicted octanol–water partition coefficient (Wildman–Crippen LogP) is 5.36. The molecule has 1 aliphatic heterocycles. The molecule has 5 heteroatoms. The van der Waals surface area contributed by atoms with Crippen molar-refractivity contribution in [1.29, 1.82) is 0 Å². The lowest BCUT2D eigenvalue weighted by Crippen LogP contribution is -2.29. The fourth-order valence-electron chi connectivity index (χ4n) is 3.21. The summed E-state index contributed by atoms with van der Waals surface area (Å²) in [5, 5.41) is 6.45. The Hall–Kier alpha value is -3.21. The number of carbonyl (C=O) groups excluding carboxylic acids is 1. The van der Waals surface area contributed by atoms with E-state index < -0.39 is 5.97 Å². The highest BCUT2D eigenvalue weighted by Crippen LogP contribution is 2.39. The van der Waals surface area contributed by atoms with E-state index in [-0.39, 0.29) is 5.92 Å². The summed E-state index contributed by atoms with van der Waals surface area (Å²) in [6.45, 7) is 9.96. The number of fused-ring (bicyclic) bond motifs is 1. The van der Waals surface area contributed by atoms with Crippen LogP contribution in [0.2, 0.25) is 0 Å². The largest absolute Gasteiger partial charge is 0.464 e. The Balaban J connectivity index is 2.26. The van der Waals surface area contributed by atoms with Crippen molar-refractivity contribution < 1.29 is 9.53 Å². The van der Waals surface area contributed by atoms with Gasteiger partial charge in [0, 0.05) is 16.8 Å². The van der Waals surface area contributed by atoms with Crippen LogP contribution in [-0.2, 0) is 9.53 Å². The first kappa shape index (κ1) is 20.5. The molecular formula is C24H27N3O2. The number of benzene rings is 1. The van der Waals surface area contributed by atoms with Gasteiger partial charge < -0.3 is 4.74 Å². The van der Waals surface area contributed by atoms with Gasteiger partial charge in [-0.2, -0.15) is 5.10 Å². The number of aromatic nitrogens is 1. The van der Waals surface area contributed by atoms with Crippen LogP contribution in [0.4, 0.5) is 0 Å². The van der Waals surface area contributed by atoms with E-state index in [2.05, 4.69) is 13.8 Å². The van der Waals surface area contributed by atoms with Crippen LogP contribution in [0.25, 0.3) is 22.5 Å². The number of allylic oxidation sites excluding steroid dienone is 2. The molecule has 0 unspecified atom stereocenters. The van der Waals surface area contributed by atoms with E-state index in [9.17, 15) is 4.79 Å². The van der Waals surface area contributed by atoms with Crippen molar-refractivity contribution in [3.63, 3.8) is 0 Å². The molecule has 0 bridgehead atoms. The Kier molecular flexibility index (Phi) is 5.97. The maximum absolute atomic E-state index is 12.7. The first-order valence-corrected chi connectivity index (χ1v) is 9.77. The van der Waals surface area contributed by atoms with Gasteiger partial charge in [0.15, 0.2) is 5.70 Å². The van der Waals surface area contributed by atoms with Crippen molar-refractivity contribution >= 4 is 23.0 Å². The number of hydrogen-bond donors (Lipinski definition) is 0. The van der Waals surface area contributed by atoms with E-state index in [0.717, 1.165) is 39.5 Å². The molecule has 0 aliphatic carbocycles. The molecule has 1 aliphatic rings. The van der Waals surface area contributed by atoms with Crippen LogP contribution in [0.3, 0.4) is 0 Å². The monoisotopic (exact) mass is 389 g/mol. The average Bonchev–Trinajstić information content (AvgIpc) is 2.74. The summed E-state index contributed by atoms with van der Waals surface area (Å²) in [6, 6.07) is 14.1. The van der Waals surface area contributed by atoms with Gasteiger partial charge >= 0.3 is 5.97 Å². The van der Waals surface area contributed by atoms with Crippen LogP contribution in [0.1, 0.15) is 45.9 Å². The van der Waals surface area contributed by atoms with E-state index in [1.807, 2.05) is 69.3 Å². The molecule has 1 aromatic carbocycles. The number of hydrogen-bond acceptors (Lipinski definition) is 5. The Labute approximate surface area is 172 Å². The maximum atomic E-state index is 12.7. The van der Waals surface area contributed by atoms with Gasteiger partial charge in [-0.15, -0.1) is 0 Å². The lowest BCUT2D eigenvalue weighted by molar-refractivity contribution is -0.137. The van der Waals surface area contributed by atoms with Gasteiger partial charge in [0.25, 0.3) is 0 Å². The van der Waals surface area contributed by atoms with E-state index in [1.165, 1.54) is 7.11 Å². The fourth-order valence-corrected chi connectivity index (χ4v) is 3.21. The number of methoxy groups -OCH3 is 1. The summed E-state index contributed by atoms with van der Waals surface area (Å²) in [7, 11) is 1.39. The van der Waals surface area contributed by atoms with Crippen LogP contribution >= 0.6 is 0 Å². The molecule has 0 saturated carbocycles. The minimum absolute atomic E-state index is 0.248. The van der Waals surface area contributed by atoms with E-state index in [1.54, 1.807) is 5.01 Å². The van der Waals surface area contributed by atoms with Crippen molar-refractivity contribution in [3.8, 4) is 11.3 Å². The van der Waals surface area contributed by atoms with E-state index in [4.69, 9.17) is 14.8 Å². The molecule has 0 spiro atoms. The molecule has 1 aromatic heterocycles. The number of ether oxygens (including phenoxy) is 1. The van der Waals surface area contributed by atoms with Gasteiger partial charge in [-0.3, -0.25) is 0 Å². The molecule has 5 nitrogen and oxygen atoms in total. The number of nitrogens with zero attached hydrogens (tertiary/aromatic N) is 3. The molecule has 0 radical (unpaired) electrons. The van der Waals surface area contributed by atoms with Gasteiger partial charge in [-0.25, -0.2) is 14.8 Å². The number of hydrazone groups is 1. The third-order valence-electron chi connectivity index (χ3n) is 5.15. The predicted molar refractivity (Wildman–Crippen MR) is 118 cm³/mol. The number of pyridine rings is 1. The molecule has 0 atom stereocenters. The summed E-state index contributed by atoms with van der Waals surface area (Å²) in [5.74, 6) is -0.169. The van der Waals surface area contributed by atoms with Gasteiger partial charge in [-0.05, 0) is 38.3 Å². The zero-order valence-corrected chi connectivity index (χ0v) is 17.9. The topological polar surface area (TPSA) is 54.8 Å². The second-order valence-corrected chi connectivity index (χ2v) is 7.31. The molecule has 0 fully saturated rings. The smallest absolute Gasteiger partial charge is 0.357 e. The van der Waals surface area contributed by atoms with E-state index >= 15 is 0 Å². The van der Waals surface area contributed by atoms with Crippen molar-refractivity contribution in [1.82, 2.24) is 9.99 Å². The average molecular weight is 389 g/mol. The SMILES string of the molecule is C/C=C1\c2nc(-c3ccccc3)ccc2C(C)=C(C(=O)OC)N1/N=C(\C)C(C)C. The second kappa shape index (κ2) is 8.43. The molecule has 0 N–H and O–H groups in total. The van der Waals surface area contributed by atoms with Gasteiger partial charge in [0.2, 0.25) is 0 Å². The molecule has 29 heavy (non-hydrogen) atoms. The van der Waals surface area contributed by atoms with Gasteiger partial charge in [0.05, 0.1) is 24.2 Å². The number of carbonyl (C=O) groups is 1. The minimum Gasteiger partial charge on any atom is -0.464 e. The Morgan fingerprint density at radius 2 is 1.86 bits per heavy atom. The standard InChI is InChI=1S/C24H27N3O2/c1-7-21-22-19(13-14-20(25-22)18-11-9-8-10-12-18)16(4)23(24(28)29-6)27(21)26-17(5)15(2)3/h7-15H,1-6H3/b21-7+,26-17+. The first-order chi connectivity index (χ1) is 13.9. The summed E-state index contributed by atoms with van der Waals surface area (Å²) in [4.78, 5) is 17.6. The van der Waals surface area contributed by atoms with Crippen LogP contribution in [0, 0.1) is 5.92 Å². The highest BCUT2D eigenvalue weighted by molar-refractivity contribution is 6.02. The molecule has 150 valence electrons. The molecule has 0 saturated heterocycles. The third kappa shape index (κ3) is 3.86. The number of rotatable bonds is 4. The minimum atomic E-state index is -0.417. The molecule has 3 rings (SSSR count). The van der Waals surface area contributed by atoms with Crippen LogP contribution in [0.5, 0.6) is 0 Å². The Bertz CT molecular complexity index is 1020. The van der Waals surface area contributed by atoms with Crippen LogP contribution in [0.15, 0.2) is 59.3 Å². The van der Waals surface area contributed by atoms with Crippen LogP contribution < -0.4 is 0 Å². The quantitative estimate of drug-likeness (QED) is 0.522. The fraction of sp³-hybridized carbons (Fsp3) is 0.292. The van der Waals surface area contributed by atoms with Gasteiger partial charge in [0.1, 0.15) is 0 Å².